The number of carboxylic acids is 1. The molecule has 2 atom stereocenters. The van der Waals surface area contributed by atoms with Gasteiger partial charge in [0.2, 0.25) is 21.8 Å². The quantitative estimate of drug-likeness (QED) is 0.513. The van der Waals surface area contributed by atoms with Crippen molar-refractivity contribution < 1.29 is 27.9 Å². The van der Waals surface area contributed by atoms with Crippen molar-refractivity contribution in [3.63, 3.8) is 0 Å². The van der Waals surface area contributed by atoms with Crippen LogP contribution in [0.4, 0.5) is 0 Å². The number of hydrogen-bond acceptors (Lipinski definition) is 5. The van der Waals surface area contributed by atoms with Gasteiger partial charge in [-0.05, 0) is 37.8 Å². The van der Waals surface area contributed by atoms with Crippen molar-refractivity contribution in [2.24, 2.45) is 11.8 Å². The van der Waals surface area contributed by atoms with Gasteiger partial charge in [-0.2, -0.15) is 4.72 Å². The van der Waals surface area contributed by atoms with E-state index in [0.29, 0.717) is 32.4 Å². The van der Waals surface area contributed by atoms with Crippen molar-refractivity contribution in [2.75, 3.05) is 19.6 Å². The largest absolute Gasteiger partial charge is 0.480 e. The van der Waals surface area contributed by atoms with Crippen LogP contribution in [-0.2, 0) is 24.4 Å². The molecule has 1 aliphatic heterocycles. The Bertz CT molecular complexity index is 892. The standard InChI is InChI=1S/C21H31N3O6S/c1-4-15(3)19(23-31(29,30)17-7-5-14(2)6-8-17)21(28)24-11-9-16(10-12-24)20(27)22-13-18(25)26/h5-8,15-16,19,23H,4,9-13H2,1-3H3,(H,22,27)(H,25,26)/t15-,19-/m0/s1. The maximum atomic E-state index is 13.2. The lowest BCUT2D eigenvalue weighted by molar-refractivity contribution is -0.140. The molecule has 9 nitrogen and oxygen atoms in total. The van der Waals surface area contributed by atoms with Gasteiger partial charge in [-0.3, -0.25) is 14.4 Å². The Morgan fingerprint density at radius 1 is 1.16 bits per heavy atom. The summed E-state index contributed by atoms with van der Waals surface area (Å²) in [7, 11) is -3.87. The molecule has 0 aliphatic carbocycles. The third-order valence-electron chi connectivity index (χ3n) is 5.68. The highest BCUT2D eigenvalue weighted by atomic mass is 32.2. The Balaban J connectivity index is 2.06. The molecule has 0 unspecified atom stereocenters. The topological polar surface area (TPSA) is 133 Å². The van der Waals surface area contributed by atoms with Gasteiger partial charge >= 0.3 is 5.97 Å². The van der Waals surface area contributed by atoms with Crippen LogP contribution in [0.5, 0.6) is 0 Å². The number of amides is 2. The minimum absolute atomic E-state index is 0.105. The molecular formula is C21H31N3O6S. The number of benzene rings is 1. The fraction of sp³-hybridized carbons (Fsp3) is 0.571. The molecule has 0 saturated carbocycles. The zero-order valence-corrected chi connectivity index (χ0v) is 18.9. The Kier molecular flexibility index (Phi) is 8.58. The second-order valence-corrected chi connectivity index (χ2v) is 9.72. The Hall–Kier alpha value is -2.46. The van der Waals surface area contributed by atoms with E-state index in [1.807, 2.05) is 20.8 Å². The number of aryl methyl sites for hydroxylation is 1. The lowest BCUT2D eigenvalue weighted by atomic mass is 9.93. The molecule has 1 aliphatic rings. The van der Waals surface area contributed by atoms with Gasteiger partial charge < -0.3 is 15.3 Å². The summed E-state index contributed by atoms with van der Waals surface area (Å²) >= 11 is 0. The number of carbonyl (C=O) groups excluding carboxylic acids is 2. The summed E-state index contributed by atoms with van der Waals surface area (Å²) in [5.74, 6) is -2.35. The van der Waals surface area contributed by atoms with Gasteiger partial charge in [-0.1, -0.05) is 38.0 Å². The molecule has 0 radical (unpaired) electrons. The molecule has 1 aromatic carbocycles. The first-order valence-electron chi connectivity index (χ1n) is 10.4. The Morgan fingerprint density at radius 2 is 1.74 bits per heavy atom. The number of piperidine rings is 1. The summed E-state index contributed by atoms with van der Waals surface area (Å²) in [5.41, 5.74) is 0.934. The minimum atomic E-state index is -3.87. The molecule has 0 spiro atoms. The van der Waals surface area contributed by atoms with E-state index in [4.69, 9.17) is 5.11 Å². The summed E-state index contributed by atoms with van der Waals surface area (Å²) in [6.07, 6.45) is 1.41. The van der Waals surface area contributed by atoms with Gasteiger partial charge in [0.05, 0.1) is 4.90 Å². The minimum Gasteiger partial charge on any atom is -0.480 e. The van der Waals surface area contributed by atoms with Crippen molar-refractivity contribution in [1.29, 1.82) is 0 Å². The molecule has 2 amide bonds. The van der Waals surface area contributed by atoms with Gasteiger partial charge in [0.25, 0.3) is 0 Å². The van der Waals surface area contributed by atoms with Gasteiger partial charge in [-0.15, -0.1) is 0 Å². The summed E-state index contributed by atoms with van der Waals surface area (Å²) < 4.78 is 28.3. The van der Waals surface area contributed by atoms with E-state index in [2.05, 4.69) is 10.0 Å². The highest BCUT2D eigenvalue weighted by Crippen LogP contribution is 2.21. The van der Waals surface area contributed by atoms with Gasteiger partial charge in [0, 0.05) is 19.0 Å². The number of carboxylic acid groups (broad SMARTS) is 1. The molecule has 2 rings (SSSR count). The molecule has 0 bridgehead atoms. The number of sulfonamides is 1. The summed E-state index contributed by atoms with van der Waals surface area (Å²) in [6, 6.07) is 5.52. The monoisotopic (exact) mass is 453 g/mol. The van der Waals surface area contributed by atoms with Crippen LogP contribution in [0.1, 0.15) is 38.7 Å². The van der Waals surface area contributed by atoms with E-state index in [0.717, 1.165) is 5.56 Å². The number of hydrogen-bond donors (Lipinski definition) is 3. The number of likely N-dealkylation sites (tertiary alicyclic amines) is 1. The van der Waals surface area contributed by atoms with Crippen LogP contribution in [0, 0.1) is 18.8 Å². The first kappa shape index (κ1) is 24.8. The van der Waals surface area contributed by atoms with Gasteiger partial charge in [-0.25, -0.2) is 8.42 Å². The molecule has 3 N–H and O–H groups in total. The van der Waals surface area contributed by atoms with Crippen LogP contribution in [-0.4, -0.2) is 61.9 Å². The van der Waals surface area contributed by atoms with Crippen molar-refractivity contribution >= 4 is 27.8 Å². The van der Waals surface area contributed by atoms with E-state index in [1.54, 1.807) is 17.0 Å². The maximum Gasteiger partial charge on any atom is 0.322 e. The molecule has 10 heteroatoms. The molecular weight excluding hydrogens is 422 g/mol. The third kappa shape index (κ3) is 6.76. The van der Waals surface area contributed by atoms with Crippen LogP contribution in [0.25, 0.3) is 0 Å². The highest BCUT2D eigenvalue weighted by molar-refractivity contribution is 7.89. The average Bonchev–Trinajstić information content (AvgIpc) is 2.75. The Morgan fingerprint density at radius 3 is 2.26 bits per heavy atom. The fourth-order valence-electron chi connectivity index (χ4n) is 3.46. The molecule has 0 aromatic heterocycles. The van der Waals surface area contributed by atoms with Crippen LogP contribution in [0.3, 0.4) is 0 Å². The van der Waals surface area contributed by atoms with E-state index in [9.17, 15) is 22.8 Å². The van der Waals surface area contributed by atoms with Crippen molar-refractivity contribution in [2.45, 2.75) is 51.0 Å². The normalized spacial score (nSPS) is 17.1. The fourth-order valence-corrected chi connectivity index (χ4v) is 4.76. The van der Waals surface area contributed by atoms with E-state index in [1.165, 1.54) is 12.1 Å². The van der Waals surface area contributed by atoms with Crippen LogP contribution >= 0.6 is 0 Å². The number of nitrogens with zero attached hydrogens (tertiary/aromatic N) is 1. The number of nitrogens with one attached hydrogen (secondary N) is 2. The highest BCUT2D eigenvalue weighted by Gasteiger charge is 2.35. The van der Waals surface area contributed by atoms with Crippen molar-refractivity contribution in [3.05, 3.63) is 29.8 Å². The SMILES string of the molecule is CC[C@H](C)[C@H](NS(=O)(=O)c1ccc(C)cc1)C(=O)N1CCC(C(=O)NCC(=O)O)CC1. The van der Waals surface area contributed by atoms with E-state index in [-0.39, 0.29) is 28.5 Å². The first-order chi connectivity index (χ1) is 14.5. The predicted molar refractivity (Wildman–Crippen MR) is 115 cm³/mol. The molecule has 1 fully saturated rings. The summed E-state index contributed by atoms with van der Waals surface area (Å²) in [4.78, 5) is 37.5. The molecule has 31 heavy (non-hydrogen) atoms. The first-order valence-corrected chi connectivity index (χ1v) is 11.9. The lowest BCUT2D eigenvalue weighted by Gasteiger charge is -2.35. The van der Waals surface area contributed by atoms with E-state index >= 15 is 0 Å². The predicted octanol–water partition coefficient (Wildman–Crippen LogP) is 1.13. The van der Waals surface area contributed by atoms with Crippen LogP contribution in [0.2, 0.25) is 0 Å². The zero-order valence-electron chi connectivity index (χ0n) is 18.1. The lowest BCUT2D eigenvalue weighted by Crippen LogP contribution is -2.54. The van der Waals surface area contributed by atoms with Crippen molar-refractivity contribution in [1.82, 2.24) is 14.9 Å². The van der Waals surface area contributed by atoms with Crippen LogP contribution in [0.15, 0.2) is 29.2 Å². The summed E-state index contributed by atoms with van der Waals surface area (Å²) in [6.45, 7) is 5.76. The smallest absolute Gasteiger partial charge is 0.322 e. The second-order valence-electron chi connectivity index (χ2n) is 8.01. The number of carbonyl (C=O) groups is 3. The number of aliphatic carboxylic acids is 1. The molecule has 1 saturated heterocycles. The Labute approximate surface area is 183 Å². The molecule has 1 aromatic rings. The van der Waals surface area contributed by atoms with Gasteiger partial charge in [0.15, 0.2) is 0 Å². The van der Waals surface area contributed by atoms with Crippen LogP contribution < -0.4 is 10.0 Å². The van der Waals surface area contributed by atoms with Crippen molar-refractivity contribution in [3.8, 4) is 0 Å². The summed E-state index contributed by atoms with van der Waals surface area (Å²) in [5, 5.41) is 11.0. The second kappa shape index (κ2) is 10.7. The third-order valence-corrected chi connectivity index (χ3v) is 7.14. The van der Waals surface area contributed by atoms with E-state index < -0.39 is 28.6 Å². The average molecular weight is 454 g/mol. The van der Waals surface area contributed by atoms with Gasteiger partial charge in [0.1, 0.15) is 12.6 Å². The number of rotatable bonds is 9. The molecule has 1 heterocycles. The zero-order chi connectivity index (χ0) is 23.2. The maximum absolute atomic E-state index is 13.2. The molecule has 172 valence electrons.